The minimum absolute atomic E-state index is 0.0193. The van der Waals surface area contributed by atoms with Gasteiger partial charge in [0.2, 0.25) is 0 Å². The maximum absolute atomic E-state index is 12.7. The number of carbonyl (C=O) groups excluding carboxylic acids is 2. The lowest BCUT2D eigenvalue weighted by Gasteiger charge is -2.32. The number of hydrogen-bond acceptors (Lipinski definition) is 3. The molecule has 0 aromatic heterocycles. The number of fused-ring (bicyclic) bond motifs is 2. The first kappa shape index (κ1) is 11.6. The molecule has 3 heteroatoms. The molecule has 4 unspecified atom stereocenters. The predicted octanol–water partition coefficient (Wildman–Crippen LogP) is 1.99. The Morgan fingerprint density at radius 2 is 1.78 bits per heavy atom. The molecule has 4 atom stereocenters. The topological polar surface area (TPSA) is 46.7 Å². The number of ether oxygens (including phenoxy) is 1. The van der Waals surface area contributed by atoms with Crippen LogP contribution in [0.3, 0.4) is 0 Å². The van der Waals surface area contributed by atoms with Crippen molar-refractivity contribution in [1.82, 2.24) is 0 Å². The Morgan fingerprint density at radius 3 is 2.33 bits per heavy atom. The second-order valence-corrected chi connectivity index (χ2v) is 5.34. The van der Waals surface area contributed by atoms with E-state index < -0.39 is 11.2 Å². The van der Waals surface area contributed by atoms with Crippen molar-refractivity contribution in [3.05, 3.63) is 36.0 Å². The first-order chi connectivity index (χ1) is 8.49. The fourth-order valence-electron chi connectivity index (χ4n) is 3.31. The summed E-state index contributed by atoms with van der Waals surface area (Å²) in [5, 5.41) is 0. The average Bonchev–Trinajstić information content (AvgIpc) is 3.05. The van der Waals surface area contributed by atoms with Crippen molar-refractivity contribution in [2.45, 2.75) is 32.0 Å². The lowest BCUT2D eigenvalue weighted by atomic mass is 9.64. The standard InChI is InChI=1S/C15H16O3/c1-4-9(2)15-13(17)11-8-6-5-7-10(11)12(16)14(15,3)18-15/h4-8,10-11H,1-3H3. The molecule has 0 N–H and O–H groups in total. The normalized spacial score (nSPS) is 45.8. The highest BCUT2D eigenvalue weighted by Crippen LogP contribution is 2.60. The van der Waals surface area contributed by atoms with Crippen molar-refractivity contribution in [3.8, 4) is 0 Å². The van der Waals surface area contributed by atoms with Crippen LogP contribution in [0, 0.1) is 11.8 Å². The molecule has 3 rings (SSSR count). The highest BCUT2D eigenvalue weighted by Gasteiger charge is 2.80. The van der Waals surface area contributed by atoms with Gasteiger partial charge in [-0.2, -0.15) is 0 Å². The fraction of sp³-hybridized carbons (Fsp3) is 0.467. The Labute approximate surface area is 106 Å². The molecule has 0 bridgehead atoms. The molecule has 0 spiro atoms. The Balaban J connectivity index is 2.13. The number of hydrogen-bond donors (Lipinski definition) is 0. The molecule has 94 valence electrons. The number of carbonyl (C=O) groups is 2. The van der Waals surface area contributed by atoms with Gasteiger partial charge in [0.1, 0.15) is 0 Å². The van der Waals surface area contributed by atoms with Gasteiger partial charge in [-0.05, 0) is 26.3 Å². The SMILES string of the molecule is CC=C(C)C12OC1(C)C(=O)C1C=CC=CC1C2=O. The molecule has 18 heavy (non-hydrogen) atoms. The van der Waals surface area contributed by atoms with E-state index >= 15 is 0 Å². The molecular weight excluding hydrogens is 228 g/mol. The van der Waals surface area contributed by atoms with Gasteiger partial charge in [0.15, 0.2) is 22.8 Å². The summed E-state index contributed by atoms with van der Waals surface area (Å²) in [7, 11) is 0. The van der Waals surface area contributed by atoms with Crippen molar-refractivity contribution in [1.29, 1.82) is 0 Å². The van der Waals surface area contributed by atoms with E-state index in [0.29, 0.717) is 0 Å². The summed E-state index contributed by atoms with van der Waals surface area (Å²) in [6, 6.07) is 0. The van der Waals surface area contributed by atoms with Crippen LogP contribution >= 0.6 is 0 Å². The van der Waals surface area contributed by atoms with Crippen molar-refractivity contribution in [2.75, 3.05) is 0 Å². The third-order valence-electron chi connectivity index (χ3n) is 4.53. The summed E-state index contributed by atoms with van der Waals surface area (Å²) in [4.78, 5) is 25.2. The van der Waals surface area contributed by atoms with E-state index in [-0.39, 0.29) is 23.4 Å². The van der Waals surface area contributed by atoms with Gasteiger partial charge in [0.25, 0.3) is 0 Å². The molecule has 0 aromatic carbocycles. The molecule has 1 heterocycles. The predicted molar refractivity (Wildman–Crippen MR) is 66.9 cm³/mol. The lowest BCUT2D eigenvalue weighted by Crippen LogP contribution is -2.52. The number of rotatable bonds is 1. The van der Waals surface area contributed by atoms with Gasteiger partial charge in [-0.25, -0.2) is 0 Å². The molecule has 1 saturated carbocycles. The Hall–Kier alpha value is -1.48. The second kappa shape index (κ2) is 3.29. The van der Waals surface area contributed by atoms with E-state index in [9.17, 15) is 9.59 Å². The third-order valence-corrected chi connectivity index (χ3v) is 4.53. The molecule has 3 aliphatic rings. The van der Waals surface area contributed by atoms with Crippen LogP contribution in [-0.2, 0) is 14.3 Å². The molecule has 2 aliphatic carbocycles. The number of allylic oxidation sites excluding steroid dienone is 5. The van der Waals surface area contributed by atoms with Gasteiger partial charge in [-0.1, -0.05) is 30.4 Å². The zero-order valence-corrected chi connectivity index (χ0v) is 10.8. The number of Topliss-reactive ketones (excluding diaryl/α,β-unsaturated/α-hetero) is 2. The first-order valence-corrected chi connectivity index (χ1v) is 6.26. The van der Waals surface area contributed by atoms with Crippen LogP contribution in [0.25, 0.3) is 0 Å². The summed E-state index contributed by atoms with van der Waals surface area (Å²) in [5.74, 6) is -0.680. The van der Waals surface area contributed by atoms with Crippen LogP contribution in [0.15, 0.2) is 36.0 Å². The molecule has 3 nitrogen and oxygen atoms in total. The fourth-order valence-corrected chi connectivity index (χ4v) is 3.31. The highest BCUT2D eigenvalue weighted by molar-refractivity contribution is 6.15. The van der Waals surface area contributed by atoms with Gasteiger partial charge in [0, 0.05) is 0 Å². The van der Waals surface area contributed by atoms with E-state index in [2.05, 4.69) is 0 Å². The lowest BCUT2D eigenvalue weighted by molar-refractivity contribution is -0.136. The van der Waals surface area contributed by atoms with Crippen LogP contribution in [-0.4, -0.2) is 22.8 Å². The van der Waals surface area contributed by atoms with Crippen LogP contribution in [0.2, 0.25) is 0 Å². The minimum Gasteiger partial charge on any atom is -0.341 e. The monoisotopic (exact) mass is 244 g/mol. The maximum atomic E-state index is 12.7. The van der Waals surface area contributed by atoms with Crippen molar-refractivity contribution < 1.29 is 14.3 Å². The van der Waals surface area contributed by atoms with E-state index in [0.717, 1.165) is 5.57 Å². The molecule has 1 aliphatic heterocycles. The van der Waals surface area contributed by atoms with Crippen molar-refractivity contribution in [2.24, 2.45) is 11.8 Å². The van der Waals surface area contributed by atoms with E-state index in [1.54, 1.807) is 6.92 Å². The molecule has 0 aromatic rings. The van der Waals surface area contributed by atoms with Gasteiger partial charge < -0.3 is 4.74 Å². The van der Waals surface area contributed by atoms with Crippen molar-refractivity contribution in [3.63, 3.8) is 0 Å². The summed E-state index contributed by atoms with van der Waals surface area (Å²) >= 11 is 0. The molecule has 1 saturated heterocycles. The molecule has 2 fully saturated rings. The molecular formula is C15H16O3. The zero-order chi connectivity index (χ0) is 13.1. The smallest absolute Gasteiger partial charge is 0.185 e. The number of ketones is 2. The first-order valence-electron chi connectivity index (χ1n) is 6.26. The Bertz CT molecular complexity index is 540. The highest BCUT2D eigenvalue weighted by atomic mass is 16.6. The zero-order valence-electron chi connectivity index (χ0n) is 10.8. The molecule has 0 radical (unpaired) electrons. The largest absolute Gasteiger partial charge is 0.341 e. The van der Waals surface area contributed by atoms with E-state index in [1.807, 2.05) is 44.2 Å². The van der Waals surface area contributed by atoms with Crippen LogP contribution in [0.1, 0.15) is 20.8 Å². The van der Waals surface area contributed by atoms with Gasteiger partial charge >= 0.3 is 0 Å². The van der Waals surface area contributed by atoms with Crippen LogP contribution in [0.4, 0.5) is 0 Å². The third kappa shape index (κ3) is 1.04. The minimum atomic E-state index is -1.00. The van der Waals surface area contributed by atoms with E-state index in [4.69, 9.17) is 4.74 Å². The summed E-state index contributed by atoms with van der Waals surface area (Å²) in [6.07, 6.45) is 9.15. The van der Waals surface area contributed by atoms with Gasteiger partial charge in [0.05, 0.1) is 11.8 Å². The summed E-state index contributed by atoms with van der Waals surface area (Å²) in [6.45, 7) is 5.47. The maximum Gasteiger partial charge on any atom is 0.185 e. The van der Waals surface area contributed by atoms with Crippen molar-refractivity contribution >= 4 is 11.6 Å². The van der Waals surface area contributed by atoms with Crippen LogP contribution < -0.4 is 0 Å². The molecule has 0 amide bonds. The average molecular weight is 244 g/mol. The van der Waals surface area contributed by atoms with Crippen LogP contribution in [0.5, 0.6) is 0 Å². The number of epoxide rings is 1. The Kier molecular flexibility index (Phi) is 2.12. The van der Waals surface area contributed by atoms with Gasteiger partial charge in [-0.3, -0.25) is 9.59 Å². The summed E-state index contributed by atoms with van der Waals surface area (Å²) < 4.78 is 5.69. The van der Waals surface area contributed by atoms with E-state index in [1.165, 1.54) is 0 Å². The van der Waals surface area contributed by atoms with Gasteiger partial charge in [-0.15, -0.1) is 0 Å². The summed E-state index contributed by atoms with van der Waals surface area (Å²) in [5.41, 5.74) is -1.13. The Morgan fingerprint density at radius 1 is 1.22 bits per heavy atom. The quantitative estimate of drug-likeness (QED) is 0.523. The second-order valence-electron chi connectivity index (χ2n) is 5.34.